The predicted octanol–water partition coefficient (Wildman–Crippen LogP) is 2.91. The Kier molecular flexibility index (Phi) is 7.31. The molecule has 3 unspecified atom stereocenters. The summed E-state index contributed by atoms with van der Waals surface area (Å²) in [6.07, 6.45) is 3.70. The second-order valence-electron chi connectivity index (χ2n) is 10.3. The molecule has 1 aliphatic heterocycles. The van der Waals surface area contributed by atoms with E-state index in [1.54, 1.807) is 6.07 Å². The zero-order valence-corrected chi connectivity index (χ0v) is 21.4. The first-order valence-electron chi connectivity index (χ1n) is 12.6. The zero-order valence-electron chi connectivity index (χ0n) is 21.4. The van der Waals surface area contributed by atoms with Crippen LogP contribution in [0.5, 0.6) is 11.5 Å². The van der Waals surface area contributed by atoms with Crippen LogP contribution in [0.3, 0.4) is 0 Å². The minimum atomic E-state index is -1.08. The number of phenols is 2. The van der Waals surface area contributed by atoms with Crippen LogP contribution in [-0.4, -0.2) is 69.9 Å². The number of hydrogen-bond donors (Lipinski definition) is 7. The Morgan fingerprint density at radius 3 is 2.67 bits per heavy atom. The number of H-pyrrole nitrogens is 1. The summed E-state index contributed by atoms with van der Waals surface area (Å²) in [5, 5.41) is 44.0. The Morgan fingerprint density at radius 1 is 1.25 bits per heavy atom. The second kappa shape index (κ2) is 10.1. The van der Waals surface area contributed by atoms with E-state index in [1.165, 1.54) is 10.9 Å². The van der Waals surface area contributed by atoms with Crippen LogP contribution in [0.4, 0.5) is 0 Å². The number of piperidine rings is 1. The molecule has 0 saturated carbocycles. The molecular formula is C28H39N5O3. The first-order chi connectivity index (χ1) is 17.2. The molecule has 1 aromatic heterocycles. The lowest BCUT2D eigenvalue weighted by molar-refractivity contribution is -0.135. The number of nitrogens with two attached hydrogens (primary N) is 1. The number of likely N-dealkylation sites (tertiary alicyclic amines) is 1. The van der Waals surface area contributed by atoms with Crippen molar-refractivity contribution in [1.82, 2.24) is 15.2 Å². The third-order valence-electron chi connectivity index (χ3n) is 8.44. The van der Waals surface area contributed by atoms with Crippen molar-refractivity contribution in [3.05, 3.63) is 58.8 Å². The number of aromatic hydroxyl groups is 2. The van der Waals surface area contributed by atoms with Gasteiger partial charge in [-0.05, 0) is 83.1 Å². The van der Waals surface area contributed by atoms with Crippen molar-refractivity contribution in [3.63, 3.8) is 0 Å². The number of aromatic amines is 1. The van der Waals surface area contributed by atoms with E-state index >= 15 is 0 Å². The number of nitrogens with one attached hydrogen (secondary N) is 3. The van der Waals surface area contributed by atoms with E-state index in [9.17, 15) is 15.3 Å². The summed E-state index contributed by atoms with van der Waals surface area (Å²) in [7, 11) is 1.96. The minimum Gasteiger partial charge on any atom is -0.504 e. The molecule has 8 nitrogen and oxygen atoms in total. The van der Waals surface area contributed by atoms with Gasteiger partial charge in [0.15, 0.2) is 11.5 Å². The van der Waals surface area contributed by atoms with Crippen molar-refractivity contribution in [1.29, 1.82) is 5.41 Å². The fraction of sp³-hybridized carbons (Fsp3) is 0.464. The number of aryl methyl sites for hydroxylation is 1. The number of aliphatic hydroxyl groups is 1. The van der Waals surface area contributed by atoms with Crippen LogP contribution in [0.15, 0.2) is 36.4 Å². The Labute approximate surface area is 212 Å². The molecule has 1 saturated heterocycles. The topological polar surface area (TPSA) is 142 Å². The van der Waals surface area contributed by atoms with E-state index in [1.807, 2.05) is 32.2 Å². The normalized spacial score (nSPS) is 25.2. The molecule has 5 rings (SSSR count). The highest BCUT2D eigenvalue weighted by molar-refractivity contribution is 5.84. The number of aromatic nitrogens is 1. The molecule has 0 radical (unpaired) electrons. The van der Waals surface area contributed by atoms with Gasteiger partial charge in [-0.25, -0.2) is 0 Å². The molecule has 2 aliphatic rings. The molecular weight excluding hydrogens is 454 g/mol. The van der Waals surface area contributed by atoms with Crippen molar-refractivity contribution < 1.29 is 15.3 Å². The summed E-state index contributed by atoms with van der Waals surface area (Å²) in [6, 6.07) is 11.7. The van der Waals surface area contributed by atoms with Crippen molar-refractivity contribution in [2.75, 3.05) is 26.7 Å². The third kappa shape index (κ3) is 4.13. The molecule has 8 N–H and O–H groups in total. The van der Waals surface area contributed by atoms with Crippen LogP contribution < -0.4 is 11.1 Å². The van der Waals surface area contributed by atoms with Crippen LogP contribution >= 0.6 is 0 Å². The molecule has 36 heavy (non-hydrogen) atoms. The Morgan fingerprint density at radius 2 is 1.97 bits per heavy atom. The van der Waals surface area contributed by atoms with Crippen molar-refractivity contribution in [3.8, 4) is 11.5 Å². The van der Waals surface area contributed by atoms with Crippen molar-refractivity contribution in [2.45, 2.75) is 56.6 Å². The van der Waals surface area contributed by atoms with Gasteiger partial charge in [0.2, 0.25) is 0 Å². The van der Waals surface area contributed by atoms with Gasteiger partial charge >= 0.3 is 0 Å². The Balaban J connectivity index is 0.000000967. The smallest absolute Gasteiger partial charge is 0.161 e. The maximum Gasteiger partial charge on any atom is 0.161 e. The molecule has 1 aliphatic carbocycles. The number of hydrogen-bond acceptors (Lipinski definition) is 6. The minimum absolute atomic E-state index is 0.0516. The van der Waals surface area contributed by atoms with Crippen LogP contribution in [0.25, 0.3) is 10.9 Å². The molecule has 2 bridgehead atoms. The molecule has 0 spiro atoms. The van der Waals surface area contributed by atoms with Gasteiger partial charge in [-0.2, -0.15) is 0 Å². The standard InChI is InChI=1S/C27H35N3O3.CH4N2/c1-17-19-7-4-5-8-20(19)29-21(17)16-27-11-14-30(13-6-12-28-3)23(26(27,2)33)15-18-9-10-22(31)25(32)24(18)27;2-1-3/h4-5,7-10,23,28-29,31-33H,6,11-16H2,1-3H3;1H,(H3,2,3). The maximum absolute atomic E-state index is 12.3. The van der Waals surface area contributed by atoms with Crippen LogP contribution in [0, 0.1) is 12.3 Å². The van der Waals surface area contributed by atoms with Crippen LogP contribution in [0.2, 0.25) is 0 Å². The van der Waals surface area contributed by atoms with Gasteiger partial charge in [0.25, 0.3) is 0 Å². The SMILES string of the molecule is CNCCCN1CCC2(Cc3[nH]c4ccccc4c3C)c3c(ccc(O)c3O)CC1C2(C)O.N=CN. The molecule has 1 fully saturated rings. The summed E-state index contributed by atoms with van der Waals surface area (Å²) < 4.78 is 0. The van der Waals surface area contributed by atoms with E-state index in [2.05, 4.69) is 40.0 Å². The van der Waals surface area contributed by atoms with Gasteiger partial charge in [0.1, 0.15) is 0 Å². The van der Waals surface area contributed by atoms with Crippen molar-refractivity contribution >= 4 is 17.2 Å². The number of fused-ring (bicyclic) bond motifs is 5. The van der Waals surface area contributed by atoms with E-state index in [0.29, 0.717) is 19.3 Å². The van der Waals surface area contributed by atoms with Gasteiger partial charge in [-0.15, -0.1) is 0 Å². The maximum atomic E-state index is 12.3. The monoisotopic (exact) mass is 493 g/mol. The molecule has 0 amide bonds. The number of nitrogens with zero attached hydrogens (tertiary/aromatic N) is 1. The summed E-state index contributed by atoms with van der Waals surface area (Å²) in [5.41, 5.74) is 7.68. The second-order valence-corrected chi connectivity index (χ2v) is 10.3. The number of phenolic OH excluding ortho intramolecular Hbond substituents is 2. The van der Waals surface area contributed by atoms with Gasteiger partial charge in [0.05, 0.1) is 11.9 Å². The van der Waals surface area contributed by atoms with Gasteiger partial charge in [-0.3, -0.25) is 10.3 Å². The lowest BCUT2D eigenvalue weighted by atomic mass is 9.53. The molecule has 3 atom stereocenters. The average Bonchev–Trinajstić information content (AvgIpc) is 3.15. The quantitative estimate of drug-likeness (QED) is 0.122. The Hall–Kier alpha value is -3.07. The average molecular weight is 494 g/mol. The van der Waals surface area contributed by atoms with E-state index in [0.717, 1.165) is 54.7 Å². The first kappa shape index (κ1) is 26.0. The summed E-state index contributed by atoms with van der Waals surface area (Å²) in [4.78, 5) is 6.00. The van der Waals surface area contributed by atoms with E-state index in [-0.39, 0.29) is 17.5 Å². The predicted molar refractivity (Wildman–Crippen MR) is 144 cm³/mol. The largest absolute Gasteiger partial charge is 0.504 e. The zero-order chi connectivity index (χ0) is 26.1. The summed E-state index contributed by atoms with van der Waals surface area (Å²) >= 11 is 0. The molecule has 2 aromatic carbocycles. The van der Waals surface area contributed by atoms with Crippen LogP contribution in [0.1, 0.15) is 42.1 Å². The third-order valence-corrected chi connectivity index (χ3v) is 8.44. The fourth-order valence-electron chi connectivity index (χ4n) is 6.56. The first-order valence-corrected chi connectivity index (χ1v) is 12.6. The van der Waals surface area contributed by atoms with Crippen molar-refractivity contribution in [2.24, 2.45) is 5.73 Å². The highest BCUT2D eigenvalue weighted by Crippen LogP contribution is 2.57. The van der Waals surface area contributed by atoms with E-state index < -0.39 is 11.0 Å². The molecule has 3 aromatic rings. The summed E-state index contributed by atoms with van der Waals surface area (Å²) in [5.74, 6) is -0.198. The number of rotatable bonds is 6. The lowest BCUT2D eigenvalue weighted by Gasteiger charge is -2.60. The Bertz CT molecular complexity index is 1240. The molecule has 194 valence electrons. The number of benzene rings is 2. The highest BCUT2D eigenvalue weighted by Gasteiger charge is 2.61. The molecule has 2 heterocycles. The number of para-hydroxylation sites is 1. The fourth-order valence-corrected chi connectivity index (χ4v) is 6.56. The van der Waals surface area contributed by atoms with Crippen LogP contribution in [-0.2, 0) is 18.3 Å². The van der Waals surface area contributed by atoms with Gasteiger partial charge in [0, 0.05) is 40.0 Å². The summed E-state index contributed by atoms with van der Waals surface area (Å²) in [6.45, 7) is 6.76. The van der Waals surface area contributed by atoms with Gasteiger partial charge < -0.3 is 31.4 Å². The lowest BCUT2D eigenvalue weighted by Crippen LogP contribution is -2.71. The highest BCUT2D eigenvalue weighted by atomic mass is 16.3. The van der Waals surface area contributed by atoms with Gasteiger partial charge in [-0.1, -0.05) is 24.3 Å². The van der Waals surface area contributed by atoms with E-state index in [4.69, 9.17) is 5.41 Å². The molecule has 8 heteroatoms.